The molecule has 0 atom stereocenters. The standard InChI is InChI=1S/C17H23ClFNO3.C12H15ClFNO/c1-17(2,3)23-16(21)20-7-5-11(6-8-20)12-9-14(19)13(18)10-15(12)22-4;1-16-12-7-10(13)11(14)6-9(12)8-2-4-15-5-3-8/h9-11H,5-8H2,1-4H3;6-8,15H,2-5H2,1H3. The van der Waals surface area contributed by atoms with Gasteiger partial charge in [0.15, 0.2) is 0 Å². The number of methoxy groups -OCH3 is 2. The molecular weight excluding hydrogens is 549 g/mol. The van der Waals surface area contributed by atoms with Crippen LogP contribution in [0.15, 0.2) is 24.3 Å². The van der Waals surface area contributed by atoms with E-state index in [1.165, 1.54) is 18.2 Å². The Labute approximate surface area is 239 Å². The van der Waals surface area contributed by atoms with Crippen molar-refractivity contribution >= 4 is 29.3 Å². The van der Waals surface area contributed by atoms with Gasteiger partial charge in [-0.1, -0.05) is 23.2 Å². The van der Waals surface area contributed by atoms with Gasteiger partial charge in [-0.2, -0.15) is 0 Å². The topological polar surface area (TPSA) is 60.0 Å². The first-order valence-electron chi connectivity index (χ1n) is 13.2. The zero-order valence-electron chi connectivity index (χ0n) is 23.2. The van der Waals surface area contributed by atoms with E-state index in [-0.39, 0.29) is 27.9 Å². The Balaban J connectivity index is 0.000000230. The fourth-order valence-corrected chi connectivity index (χ4v) is 5.22. The summed E-state index contributed by atoms with van der Waals surface area (Å²) in [6.45, 7) is 8.63. The smallest absolute Gasteiger partial charge is 0.410 e. The molecule has 0 bridgehead atoms. The lowest BCUT2D eigenvalue weighted by molar-refractivity contribution is 0.0204. The Kier molecular flexibility index (Phi) is 11.1. The Bertz CT molecular complexity index is 1130. The molecule has 4 rings (SSSR count). The predicted molar refractivity (Wildman–Crippen MR) is 151 cm³/mol. The maximum Gasteiger partial charge on any atom is 0.410 e. The second-order valence-electron chi connectivity index (χ2n) is 10.8. The molecule has 1 N–H and O–H groups in total. The average Bonchev–Trinajstić information content (AvgIpc) is 2.91. The van der Waals surface area contributed by atoms with Crippen molar-refractivity contribution in [3.8, 4) is 11.5 Å². The van der Waals surface area contributed by atoms with E-state index >= 15 is 0 Å². The average molecular weight is 588 g/mol. The molecule has 1 amide bonds. The fourth-order valence-electron chi connectivity index (χ4n) is 4.91. The SMILES string of the molecule is COc1cc(Cl)c(F)cc1C1CCN(C(=O)OC(C)(C)C)CC1.COc1cc(Cl)c(F)cc1C1CCNCC1. The Morgan fingerprint density at radius 1 is 0.846 bits per heavy atom. The number of hydrogen-bond donors (Lipinski definition) is 1. The number of halogens is 4. The lowest BCUT2D eigenvalue weighted by Gasteiger charge is -2.34. The maximum absolute atomic E-state index is 13.8. The molecule has 0 spiro atoms. The lowest BCUT2D eigenvalue weighted by Crippen LogP contribution is -2.41. The summed E-state index contributed by atoms with van der Waals surface area (Å²) in [7, 11) is 3.14. The van der Waals surface area contributed by atoms with Gasteiger partial charge in [-0.3, -0.25) is 0 Å². The highest BCUT2D eigenvalue weighted by molar-refractivity contribution is 6.31. The molecule has 2 aliphatic rings. The van der Waals surface area contributed by atoms with E-state index in [2.05, 4.69) is 5.32 Å². The first-order chi connectivity index (χ1) is 18.4. The molecular formula is C29H38Cl2F2N2O4. The van der Waals surface area contributed by atoms with E-state index in [4.69, 9.17) is 37.4 Å². The van der Waals surface area contributed by atoms with E-state index in [0.29, 0.717) is 30.5 Å². The Morgan fingerprint density at radius 3 is 1.69 bits per heavy atom. The van der Waals surface area contributed by atoms with Gasteiger partial charge in [0, 0.05) is 36.3 Å². The van der Waals surface area contributed by atoms with Crippen molar-refractivity contribution in [3.63, 3.8) is 0 Å². The largest absolute Gasteiger partial charge is 0.496 e. The number of likely N-dealkylation sites (tertiary alicyclic amines) is 1. The second kappa shape index (κ2) is 13.9. The van der Waals surface area contributed by atoms with Crippen LogP contribution < -0.4 is 14.8 Å². The van der Waals surface area contributed by atoms with Crippen molar-refractivity contribution in [1.82, 2.24) is 10.2 Å². The molecule has 216 valence electrons. The van der Waals surface area contributed by atoms with E-state index in [1.807, 2.05) is 20.8 Å². The summed E-state index contributed by atoms with van der Waals surface area (Å²) in [4.78, 5) is 13.8. The van der Waals surface area contributed by atoms with Gasteiger partial charge in [0.05, 0.1) is 24.3 Å². The van der Waals surface area contributed by atoms with Crippen LogP contribution in [-0.2, 0) is 4.74 Å². The van der Waals surface area contributed by atoms with Gasteiger partial charge in [0.2, 0.25) is 0 Å². The highest BCUT2D eigenvalue weighted by Gasteiger charge is 2.29. The molecule has 6 nitrogen and oxygen atoms in total. The molecule has 0 aromatic heterocycles. The molecule has 0 radical (unpaired) electrons. The normalized spacial score (nSPS) is 16.8. The highest BCUT2D eigenvalue weighted by atomic mass is 35.5. The van der Waals surface area contributed by atoms with Crippen molar-refractivity contribution in [3.05, 3.63) is 57.1 Å². The fraction of sp³-hybridized carbons (Fsp3) is 0.552. The number of nitrogens with zero attached hydrogens (tertiary/aromatic N) is 1. The molecule has 2 heterocycles. The van der Waals surface area contributed by atoms with E-state index in [1.54, 1.807) is 25.2 Å². The van der Waals surface area contributed by atoms with Crippen LogP contribution in [0.4, 0.5) is 13.6 Å². The minimum Gasteiger partial charge on any atom is -0.496 e. The summed E-state index contributed by atoms with van der Waals surface area (Å²) in [6.07, 6.45) is 3.19. The number of carbonyl (C=O) groups is 1. The van der Waals surface area contributed by atoms with Crippen molar-refractivity contribution in [2.75, 3.05) is 40.4 Å². The number of amides is 1. The first kappa shape index (κ1) is 31.2. The molecule has 2 aromatic carbocycles. The summed E-state index contributed by atoms with van der Waals surface area (Å²) in [5.74, 6) is 0.969. The van der Waals surface area contributed by atoms with Gasteiger partial charge in [-0.25, -0.2) is 13.6 Å². The Hall–Kier alpha value is -2.29. The molecule has 39 heavy (non-hydrogen) atoms. The summed E-state index contributed by atoms with van der Waals surface area (Å²) < 4.78 is 43.2. The molecule has 0 saturated carbocycles. The van der Waals surface area contributed by atoms with Gasteiger partial charge in [0.25, 0.3) is 0 Å². The molecule has 2 aromatic rings. The van der Waals surface area contributed by atoms with Crippen LogP contribution >= 0.6 is 23.2 Å². The monoisotopic (exact) mass is 586 g/mol. The molecule has 2 saturated heterocycles. The number of rotatable bonds is 4. The van der Waals surface area contributed by atoms with Crippen LogP contribution in [0, 0.1) is 11.6 Å². The Morgan fingerprint density at radius 2 is 1.28 bits per heavy atom. The number of hydrogen-bond acceptors (Lipinski definition) is 5. The number of nitrogens with one attached hydrogen (secondary N) is 1. The van der Waals surface area contributed by atoms with E-state index in [0.717, 1.165) is 49.9 Å². The highest BCUT2D eigenvalue weighted by Crippen LogP contribution is 2.38. The molecule has 10 heteroatoms. The van der Waals surface area contributed by atoms with Gasteiger partial charge in [-0.15, -0.1) is 0 Å². The molecule has 2 fully saturated rings. The van der Waals surface area contributed by atoms with Crippen LogP contribution in [0.25, 0.3) is 0 Å². The third kappa shape index (κ3) is 8.60. The minimum absolute atomic E-state index is 0.0526. The summed E-state index contributed by atoms with van der Waals surface area (Å²) in [6, 6.07) is 6.02. The van der Waals surface area contributed by atoms with E-state index < -0.39 is 11.4 Å². The van der Waals surface area contributed by atoms with Gasteiger partial charge < -0.3 is 24.4 Å². The third-order valence-corrected chi connectivity index (χ3v) is 7.49. The number of piperidine rings is 2. The number of carbonyl (C=O) groups excluding carboxylic acids is 1. The van der Waals surface area contributed by atoms with Gasteiger partial charge in [-0.05, 0) is 83.5 Å². The molecule has 2 aliphatic heterocycles. The van der Waals surface area contributed by atoms with Crippen molar-refractivity contribution in [2.24, 2.45) is 0 Å². The van der Waals surface area contributed by atoms with Crippen LogP contribution in [0.1, 0.15) is 69.4 Å². The zero-order valence-corrected chi connectivity index (χ0v) is 24.7. The maximum atomic E-state index is 13.8. The number of benzene rings is 2. The predicted octanol–water partition coefficient (Wildman–Crippen LogP) is 7.56. The summed E-state index contributed by atoms with van der Waals surface area (Å²) >= 11 is 11.5. The second-order valence-corrected chi connectivity index (χ2v) is 11.6. The number of ether oxygens (including phenoxy) is 3. The van der Waals surface area contributed by atoms with Crippen molar-refractivity contribution < 1.29 is 27.8 Å². The summed E-state index contributed by atoms with van der Waals surface area (Å²) in [5.41, 5.74) is 1.24. The van der Waals surface area contributed by atoms with Gasteiger partial charge >= 0.3 is 6.09 Å². The lowest BCUT2D eigenvalue weighted by atomic mass is 9.89. The van der Waals surface area contributed by atoms with Crippen molar-refractivity contribution in [2.45, 2.75) is 63.9 Å². The zero-order chi connectivity index (χ0) is 28.7. The molecule has 0 unspecified atom stereocenters. The van der Waals surface area contributed by atoms with Crippen LogP contribution in [0.3, 0.4) is 0 Å². The quantitative estimate of drug-likeness (QED) is 0.400. The van der Waals surface area contributed by atoms with Gasteiger partial charge in [0.1, 0.15) is 28.7 Å². The third-order valence-electron chi connectivity index (χ3n) is 6.91. The van der Waals surface area contributed by atoms with Crippen LogP contribution in [-0.4, -0.2) is 57.0 Å². The van der Waals surface area contributed by atoms with E-state index in [9.17, 15) is 13.6 Å². The molecule has 0 aliphatic carbocycles. The van der Waals surface area contributed by atoms with Crippen LogP contribution in [0.5, 0.6) is 11.5 Å². The minimum atomic E-state index is -0.504. The first-order valence-corrected chi connectivity index (χ1v) is 13.9. The van der Waals surface area contributed by atoms with Crippen molar-refractivity contribution in [1.29, 1.82) is 0 Å². The summed E-state index contributed by atoms with van der Waals surface area (Å²) in [5, 5.41) is 3.46. The van der Waals surface area contributed by atoms with Crippen LogP contribution in [0.2, 0.25) is 10.0 Å².